The van der Waals surface area contributed by atoms with Crippen LogP contribution in [0, 0.1) is 6.92 Å². The van der Waals surface area contributed by atoms with Crippen LogP contribution in [0.4, 0.5) is 0 Å². The zero-order valence-electron chi connectivity index (χ0n) is 20.6. The Balaban J connectivity index is 1.49. The van der Waals surface area contributed by atoms with Gasteiger partial charge in [-0.3, -0.25) is 9.97 Å². The van der Waals surface area contributed by atoms with Gasteiger partial charge in [-0.1, -0.05) is 47.7 Å². The highest BCUT2D eigenvalue weighted by Crippen LogP contribution is 2.65. The van der Waals surface area contributed by atoms with Crippen molar-refractivity contribution in [1.29, 1.82) is 0 Å². The highest BCUT2D eigenvalue weighted by Gasteiger charge is 2.67. The number of aromatic nitrogens is 2. The summed E-state index contributed by atoms with van der Waals surface area (Å²) in [7, 11) is 0. The zero-order chi connectivity index (χ0) is 24.9. The van der Waals surface area contributed by atoms with Crippen LogP contribution in [-0.2, 0) is 24.0 Å². The molecular formula is C29H33IN2O3. The summed E-state index contributed by atoms with van der Waals surface area (Å²) in [6.07, 6.45) is 7.12. The number of hydrogen-bond acceptors (Lipinski definition) is 5. The molecule has 2 aliphatic rings. The highest BCUT2D eigenvalue weighted by molar-refractivity contribution is 14.1. The summed E-state index contributed by atoms with van der Waals surface area (Å²) in [5.74, 6) is 0.853. The molecule has 5 nitrogen and oxygen atoms in total. The van der Waals surface area contributed by atoms with Crippen molar-refractivity contribution in [2.45, 2.75) is 79.5 Å². The van der Waals surface area contributed by atoms with E-state index in [9.17, 15) is 10.2 Å². The van der Waals surface area contributed by atoms with Crippen LogP contribution in [0.3, 0.4) is 0 Å². The molecule has 0 spiro atoms. The monoisotopic (exact) mass is 584 g/mol. The minimum absolute atomic E-state index is 0.212. The SMILES string of the molecule is CC[C@@]12C[C@@](C)(O)[C@](O)(c3ccccn3)C[C@@]1(I)CCc1cc(OCc3cccnc3C)ccc12. The molecule has 0 saturated heterocycles. The van der Waals surface area contributed by atoms with Gasteiger partial charge < -0.3 is 14.9 Å². The fourth-order valence-electron chi connectivity index (χ4n) is 6.43. The van der Waals surface area contributed by atoms with Crippen LogP contribution >= 0.6 is 22.6 Å². The molecule has 6 heteroatoms. The van der Waals surface area contributed by atoms with Crippen LogP contribution < -0.4 is 4.74 Å². The van der Waals surface area contributed by atoms with E-state index in [1.165, 1.54) is 11.1 Å². The predicted molar refractivity (Wildman–Crippen MR) is 145 cm³/mol. The minimum Gasteiger partial charge on any atom is -0.489 e. The van der Waals surface area contributed by atoms with Gasteiger partial charge in [-0.2, -0.15) is 0 Å². The van der Waals surface area contributed by atoms with E-state index >= 15 is 0 Å². The van der Waals surface area contributed by atoms with Crippen LogP contribution in [0.5, 0.6) is 5.75 Å². The van der Waals surface area contributed by atoms with E-state index in [2.05, 4.69) is 57.7 Å². The molecule has 0 bridgehead atoms. The predicted octanol–water partition coefficient (Wildman–Crippen LogP) is 5.56. The average Bonchev–Trinajstić information content (AvgIpc) is 2.85. The van der Waals surface area contributed by atoms with Crippen molar-refractivity contribution in [2.75, 3.05) is 0 Å². The van der Waals surface area contributed by atoms with Gasteiger partial charge in [0.1, 0.15) is 18.0 Å². The number of rotatable bonds is 5. The number of halogens is 1. The second-order valence-corrected chi connectivity index (χ2v) is 12.5. The molecule has 2 N–H and O–H groups in total. The zero-order valence-corrected chi connectivity index (χ0v) is 22.7. The molecule has 0 unspecified atom stereocenters. The Hall–Kier alpha value is -2.03. The largest absolute Gasteiger partial charge is 0.489 e. The third kappa shape index (κ3) is 3.89. The maximum atomic E-state index is 11.9. The standard InChI is InChI=1S/C29H33IN2O3/c1-4-27-18-26(3,33)29(34,25-9-5-6-14-32-25)19-28(27,30)13-12-21-16-23(10-11-24(21)27)35-17-22-8-7-15-31-20(22)2/h5-11,14-16,33-34H,4,12-13,17-19H2,1-3H3/t26-,27+,28+,29-/m1/s1. The Morgan fingerprint density at radius 1 is 1.03 bits per heavy atom. The molecular weight excluding hydrogens is 551 g/mol. The van der Waals surface area contributed by atoms with E-state index in [1.807, 2.05) is 37.3 Å². The van der Waals surface area contributed by atoms with Gasteiger partial charge in [0.25, 0.3) is 0 Å². The summed E-state index contributed by atoms with van der Waals surface area (Å²) < 4.78 is 5.95. The normalized spacial score (nSPS) is 31.9. The van der Waals surface area contributed by atoms with E-state index in [0.29, 0.717) is 25.1 Å². The van der Waals surface area contributed by atoms with E-state index in [0.717, 1.165) is 36.3 Å². The first-order valence-electron chi connectivity index (χ1n) is 12.4. The third-order valence-electron chi connectivity index (χ3n) is 8.52. The van der Waals surface area contributed by atoms with Gasteiger partial charge in [0.15, 0.2) is 0 Å². The number of hydrogen-bond donors (Lipinski definition) is 2. The second kappa shape index (κ2) is 8.82. The van der Waals surface area contributed by atoms with E-state index in [1.54, 1.807) is 19.3 Å². The van der Waals surface area contributed by atoms with Crippen LogP contribution in [0.2, 0.25) is 0 Å². The summed E-state index contributed by atoms with van der Waals surface area (Å²) >= 11 is 2.59. The van der Waals surface area contributed by atoms with Crippen LogP contribution in [0.1, 0.15) is 67.6 Å². The lowest BCUT2D eigenvalue weighted by Gasteiger charge is -2.62. The molecule has 2 aliphatic carbocycles. The molecule has 0 aliphatic heterocycles. The smallest absolute Gasteiger partial charge is 0.136 e. The molecule has 1 saturated carbocycles. The van der Waals surface area contributed by atoms with Crippen molar-refractivity contribution < 1.29 is 14.9 Å². The molecule has 35 heavy (non-hydrogen) atoms. The van der Waals surface area contributed by atoms with Crippen LogP contribution in [0.25, 0.3) is 0 Å². The maximum absolute atomic E-state index is 11.9. The fourth-order valence-corrected chi connectivity index (χ4v) is 8.11. The first-order chi connectivity index (χ1) is 16.6. The molecule has 3 aromatic rings. The first-order valence-corrected chi connectivity index (χ1v) is 13.4. The molecule has 5 rings (SSSR count). The van der Waals surface area contributed by atoms with Gasteiger partial charge in [0.2, 0.25) is 0 Å². The molecule has 4 atom stereocenters. The number of ether oxygens (including phenoxy) is 1. The van der Waals surface area contributed by atoms with E-state index in [-0.39, 0.29) is 8.84 Å². The van der Waals surface area contributed by atoms with Crippen LogP contribution in [0.15, 0.2) is 60.9 Å². The van der Waals surface area contributed by atoms with Crippen molar-refractivity contribution >= 4 is 22.6 Å². The molecule has 1 fully saturated rings. The number of benzene rings is 1. The molecule has 2 heterocycles. The van der Waals surface area contributed by atoms with E-state index in [4.69, 9.17) is 4.74 Å². The number of fused-ring (bicyclic) bond motifs is 3. The van der Waals surface area contributed by atoms with Gasteiger partial charge in [0.05, 0.1) is 11.3 Å². The van der Waals surface area contributed by atoms with Crippen molar-refractivity contribution in [3.8, 4) is 5.75 Å². The number of aryl methyl sites for hydroxylation is 2. The Morgan fingerprint density at radius 3 is 2.54 bits per heavy atom. The van der Waals surface area contributed by atoms with Gasteiger partial charge in [0, 0.05) is 38.9 Å². The first kappa shape index (κ1) is 24.7. The fraction of sp³-hybridized carbons (Fsp3) is 0.448. The van der Waals surface area contributed by atoms with Crippen molar-refractivity contribution in [3.05, 3.63) is 89.0 Å². The average molecular weight is 584 g/mol. The Bertz CT molecular complexity index is 1230. The van der Waals surface area contributed by atoms with Crippen molar-refractivity contribution in [2.24, 2.45) is 0 Å². The molecule has 2 aromatic heterocycles. The van der Waals surface area contributed by atoms with Gasteiger partial charge in [-0.25, -0.2) is 0 Å². The number of nitrogens with zero attached hydrogens (tertiary/aromatic N) is 2. The Kier molecular flexibility index (Phi) is 6.21. The Labute approximate surface area is 221 Å². The molecule has 0 radical (unpaired) electrons. The molecule has 1 aromatic carbocycles. The van der Waals surface area contributed by atoms with Crippen LogP contribution in [-0.4, -0.2) is 29.2 Å². The lowest BCUT2D eigenvalue weighted by molar-refractivity contribution is -0.198. The van der Waals surface area contributed by atoms with Crippen molar-refractivity contribution in [3.63, 3.8) is 0 Å². The summed E-state index contributed by atoms with van der Waals surface area (Å²) in [4.78, 5) is 8.81. The lowest BCUT2D eigenvalue weighted by atomic mass is 9.49. The summed E-state index contributed by atoms with van der Waals surface area (Å²) in [5.41, 5.74) is 2.17. The van der Waals surface area contributed by atoms with E-state index < -0.39 is 11.2 Å². The minimum atomic E-state index is -1.41. The number of aliphatic hydroxyl groups is 2. The highest BCUT2D eigenvalue weighted by atomic mass is 127. The quantitative estimate of drug-likeness (QED) is 0.303. The maximum Gasteiger partial charge on any atom is 0.136 e. The molecule has 184 valence electrons. The topological polar surface area (TPSA) is 75.5 Å². The second-order valence-electron chi connectivity index (χ2n) is 10.5. The number of pyridine rings is 2. The third-order valence-corrected chi connectivity index (χ3v) is 10.5. The number of alkyl halides is 1. The van der Waals surface area contributed by atoms with Crippen molar-refractivity contribution in [1.82, 2.24) is 9.97 Å². The van der Waals surface area contributed by atoms with Gasteiger partial charge in [-0.05, 0) is 81.0 Å². The lowest BCUT2D eigenvalue weighted by Crippen LogP contribution is -2.67. The Morgan fingerprint density at radius 2 is 1.83 bits per heavy atom. The summed E-state index contributed by atoms with van der Waals surface area (Å²) in [5, 5.41) is 23.7. The van der Waals surface area contributed by atoms with Gasteiger partial charge >= 0.3 is 0 Å². The molecule has 0 amide bonds. The summed E-state index contributed by atoms with van der Waals surface area (Å²) in [6, 6.07) is 15.9. The summed E-state index contributed by atoms with van der Waals surface area (Å²) in [6.45, 7) is 6.47. The van der Waals surface area contributed by atoms with Gasteiger partial charge in [-0.15, -0.1) is 0 Å².